The first-order valence-corrected chi connectivity index (χ1v) is 4.31. The van der Waals surface area contributed by atoms with Crippen molar-refractivity contribution in [2.24, 2.45) is 0 Å². The third-order valence-electron chi connectivity index (χ3n) is 1.57. The van der Waals surface area contributed by atoms with E-state index in [0.29, 0.717) is 6.54 Å². The second-order valence-electron chi connectivity index (χ2n) is 2.57. The van der Waals surface area contributed by atoms with Gasteiger partial charge in [0, 0.05) is 13.1 Å². The van der Waals surface area contributed by atoms with E-state index < -0.39 is 0 Å². The molecule has 4 heteroatoms. The largest absolute Gasteiger partial charge is 0.298 e. The van der Waals surface area contributed by atoms with Crippen LogP contribution in [0.3, 0.4) is 0 Å². The number of likely N-dealkylation sites (N-methyl/N-ethyl adjacent to an activating group) is 1. The molecule has 0 unspecified atom stereocenters. The normalized spacial score (nSPS) is 23.0. The first-order valence-electron chi connectivity index (χ1n) is 3.35. The van der Waals surface area contributed by atoms with Crippen molar-refractivity contribution in [3.05, 3.63) is 0 Å². The molecule has 0 aromatic carbocycles. The highest BCUT2D eigenvalue weighted by atomic mass is 127. The second kappa shape index (κ2) is 3.52. The number of nitrogens with zero attached hydrogens (tertiary/aromatic N) is 2. The van der Waals surface area contributed by atoms with Gasteiger partial charge in [-0.25, -0.2) is 0 Å². The number of hydrogen-bond acceptors (Lipinski definition) is 2. The van der Waals surface area contributed by atoms with Crippen LogP contribution in [0, 0.1) is 0 Å². The average molecular weight is 254 g/mol. The van der Waals surface area contributed by atoms with Gasteiger partial charge in [0.2, 0.25) is 5.91 Å². The Balaban J connectivity index is 2.49. The standard InChI is InChI=1S/C6H11IN2O/c1-8-3-2-4-9(7)6(10)5-8/h2-5H2,1H3. The zero-order valence-electron chi connectivity index (χ0n) is 6.01. The van der Waals surface area contributed by atoms with Crippen molar-refractivity contribution in [2.75, 3.05) is 26.7 Å². The van der Waals surface area contributed by atoms with Crippen LogP contribution in [0.4, 0.5) is 0 Å². The van der Waals surface area contributed by atoms with Gasteiger partial charge in [-0.2, -0.15) is 0 Å². The molecule has 0 radical (unpaired) electrons. The lowest BCUT2D eigenvalue weighted by atomic mass is 10.4. The van der Waals surface area contributed by atoms with Gasteiger partial charge in [-0.3, -0.25) is 12.8 Å². The molecule has 1 rings (SSSR count). The van der Waals surface area contributed by atoms with Gasteiger partial charge in [0.05, 0.1) is 29.4 Å². The molecule has 0 atom stereocenters. The molecule has 0 aromatic rings. The summed E-state index contributed by atoms with van der Waals surface area (Å²) in [6.45, 7) is 2.50. The Morgan fingerprint density at radius 3 is 2.90 bits per heavy atom. The van der Waals surface area contributed by atoms with Crippen LogP contribution in [0.15, 0.2) is 0 Å². The maximum atomic E-state index is 11.1. The summed E-state index contributed by atoms with van der Waals surface area (Å²) in [5, 5.41) is 0. The van der Waals surface area contributed by atoms with Crippen LogP contribution in [-0.2, 0) is 4.79 Å². The highest BCUT2D eigenvalue weighted by Crippen LogP contribution is 2.06. The lowest BCUT2D eigenvalue weighted by Gasteiger charge is -2.11. The fourth-order valence-corrected chi connectivity index (χ4v) is 1.48. The highest BCUT2D eigenvalue weighted by Gasteiger charge is 2.16. The number of rotatable bonds is 0. The van der Waals surface area contributed by atoms with E-state index in [2.05, 4.69) is 27.8 Å². The monoisotopic (exact) mass is 254 g/mol. The molecule has 0 N–H and O–H groups in total. The van der Waals surface area contributed by atoms with E-state index in [1.165, 1.54) is 0 Å². The quantitative estimate of drug-likeness (QED) is 0.464. The van der Waals surface area contributed by atoms with Gasteiger partial charge in [-0.1, -0.05) is 0 Å². The summed E-state index contributed by atoms with van der Waals surface area (Å²) in [4.78, 5) is 13.2. The zero-order valence-corrected chi connectivity index (χ0v) is 8.17. The summed E-state index contributed by atoms with van der Waals surface area (Å²) < 4.78 is 1.77. The Hall–Kier alpha value is 0.160. The van der Waals surface area contributed by atoms with Crippen LogP contribution in [0.25, 0.3) is 0 Å². The molecule has 58 valence electrons. The molecule has 0 spiro atoms. The minimum Gasteiger partial charge on any atom is -0.298 e. The molecule has 0 aromatic heterocycles. The summed E-state index contributed by atoms with van der Waals surface area (Å²) in [6.07, 6.45) is 1.09. The van der Waals surface area contributed by atoms with Gasteiger partial charge in [0.15, 0.2) is 0 Å². The van der Waals surface area contributed by atoms with Gasteiger partial charge in [0.25, 0.3) is 0 Å². The maximum Gasteiger partial charge on any atom is 0.245 e. The molecule has 1 aliphatic heterocycles. The van der Waals surface area contributed by atoms with E-state index in [4.69, 9.17) is 0 Å². The molecule has 1 aliphatic rings. The van der Waals surface area contributed by atoms with Crippen LogP contribution >= 0.6 is 22.9 Å². The van der Waals surface area contributed by atoms with Crippen molar-refractivity contribution in [1.82, 2.24) is 8.01 Å². The third-order valence-corrected chi connectivity index (χ3v) is 2.59. The number of carbonyl (C=O) groups excluding carboxylic acids is 1. The van der Waals surface area contributed by atoms with E-state index >= 15 is 0 Å². The van der Waals surface area contributed by atoms with Crippen LogP contribution in [-0.4, -0.2) is 40.6 Å². The zero-order chi connectivity index (χ0) is 7.56. The van der Waals surface area contributed by atoms with Crippen LogP contribution in [0.1, 0.15) is 6.42 Å². The van der Waals surface area contributed by atoms with Gasteiger partial charge < -0.3 is 0 Å². The molecule has 1 saturated heterocycles. The van der Waals surface area contributed by atoms with Crippen LogP contribution < -0.4 is 0 Å². The minimum atomic E-state index is 0.223. The first-order chi connectivity index (χ1) is 4.70. The van der Waals surface area contributed by atoms with Gasteiger partial charge in [-0.05, 0) is 13.5 Å². The molecule has 1 heterocycles. The summed E-state index contributed by atoms with van der Waals surface area (Å²) in [5.41, 5.74) is 0. The molecule has 1 amide bonds. The van der Waals surface area contributed by atoms with Gasteiger partial charge in [-0.15, -0.1) is 0 Å². The lowest BCUT2D eigenvalue weighted by Crippen LogP contribution is -2.28. The molecule has 0 saturated carbocycles. The Bertz CT molecular complexity index is 140. The van der Waals surface area contributed by atoms with Crippen LogP contribution in [0.5, 0.6) is 0 Å². The summed E-state index contributed by atoms with van der Waals surface area (Å²) >= 11 is 2.07. The van der Waals surface area contributed by atoms with E-state index in [-0.39, 0.29) is 5.91 Å². The Kier molecular flexibility index (Phi) is 2.91. The van der Waals surface area contributed by atoms with Gasteiger partial charge >= 0.3 is 0 Å². The highest BCUT2D eigenvalue weighted by molar-refractivity contribution is 14.1. The summed E-state index contributed by atoms with van der Waals surface area (Å²) in [7, 11) is 1.98. The Labute approximate surface area is 74.9 Å². The molecular formula is C6H11IN2O. The van der Waals surface area contributed by atoms with Crippen molar-refractivity contribution in [3.8, 4) is 0 Å². The SMILES string of the molecule is CN1CCCN(I)C(=O)C1. The van der Waals surface area contributed by atoms with Crippen molar-refractivity contribution in [2.45, 2.75) is 6.42 Å². The molecule has 1 fully saturated rings. The second-order valence-corrected chi connectivity index (χ2v) is 3.74. The fraction of sp³-hybridized carbons (Fsp3) is 0.833. The van der Waals surface area contributed by atoms with E-state index in [1.54, 1.807) is 3.11 Å². The number of carbonyl (C=O) groups is 1. The fourth-order valence-electron chi connectivity index (χ4n) is 0.991. The summed E-state index contributed by atoms with van der Waals surface area (Å²) in [6, 6.07) is 0. The molecular weight excluding hydrogens is 243 g/mol. The number of halogens is 1. The number of hydrogen-bond donors (Lipinski definition) is 0. The topological polar surface area (TPSA) is 23.6 Å². The minimum absolute atomic E-state index is 0.223. The van der Waals surface area contributed by atoms with Crippen molar-refractivity contribution in [1.29, 1.82) is 0 Å². The van der Waals surface area contributed by atoms with Crippen LogP contribution in [0.2, 0.25) is 0 Å². The van der Waals surface area contributed by atoms with E-state index in [0.717, 1.165) is 19.5 Å². The predicted molar refractivity (Wildman–Crippen MR) is 47.8 cm³/mol. The predicted octanol–water partition coefficient (Wildman–Crippen LogP) is 0.500. The lowest BCUT2D eigenvalue weighted by molar-refractivity contribution is -0.125. The average Bonchev–Trinajstić information content (AvgIpc) is 1.96. The Morgan fingerprint density at radius 2 is 2.20 bits per heavy atom. The third kappa shape index (κ3) is 2.09. The first kappa shape index (κ1) is 8.26. The molecule has 0 aliphatic carbocycles. The van der Waals surface area contributed by atoms with E-state index in [1.807, 2.05) is 7.05 Å². The van der Waals surface area contributed by atoms with Crippen molar-refractivity contribution < 1.29 is 4.79 Å². The Morgan fingerprint density at radius 1 is 1.50 bits per heavy atom. The molecule has 0 bridgehead atoms. The molecule has 3 nitrogen and oxygen atoms in total. The summed E-state index contributed by atoms with van der Waals surface area (Å²) in [5.74, 6) is 0.223. The van der Waals surface area contributed by atoms with Crippen molar-refractivity contribution in [3.63, 3.8) is 0 Å². The van der Waals surface area contributed by atoms with Crippen molar-refractivity contribution >= 4 is 28.8 Å². The van der Waals surface area contributed by atoms with E-state index in [9.17, 15) is 4.79 Å². The smallest absolute Gasteiger partial charge is 0.245 e. The number of amides is 1. The molecule has 10 heavy (non-hydrogen) atoms. The van der Waals surface area contributed by atoms with Gasteiger partial charge in [0.1, 0.15) is 0 Å². The maximum absolute atomic E-state index is 11.1.